The predicted molar refractivity (Wildman–Crippen MR) is 239 cm³/mol. The molecule has 0 aliphatic heterocycles. The van der Waals surface area contributed by atoms with Crippen LogP contribution in [0.15, 0.2) is 111 Å². The molecule has 66 heavy (non-hydrogen) atoms. The topological polar surface area (TPSA) is 371 Å². The SMILES string of the molecule is CN=Nc1c(S(=O)(=O)O)cc2cccc(NCc3ccccc3)c2c1O.Cc1cc(Cc2nc(NCCS(=O)(=O)O)nc(Nc3ccc(S(=O)(=O)O)c(C)c3)n2)cc(C(=O)O)c1.O=S(=O)=O. The van der Waals surface area contributed by atoms with Crippen molar-refractivity contribution in [2.24, 2.45) is 10.2 Å². The fourth-order valence-corrected chi connectivity index (χ4v) is 7.80. The van der Waals surface area contributed by atoms with Gasteiger partial charge in [-0.3, -0.25) is 13.7 Å². The minimum atomic E-state index is -4.57. The molecule has 0 saturated carbocycles. The number of anilines is 4. The second-order valence-corrected chi connectivity index (χ2v) is 18.4. The zero-order chi connectivity index (χ0) is 49.0. The van der Waals surface area contributed by atoms with Crippen LogP contribution in [0.3, 0.4) is 0 Å². The summed E-state index contributed by atoms with van der Waals surface area (Å²) in [6.45, 7) is 3.56. The van der Waals surface area contributed by atoms with E-state index in [9.17, 15) is 49.4 Å². The molecule has 0 atom stereocenters. The number of fused-ring (bicyclic) bond motifs is 1. The van der Waals surface area contributed by atoms with E-state index in [1.54, 1.807) is 31.2 Å². The van der Waals surface area contributed by atoms with Crippen molar-refractivity contribution in [2.75, 3.05) is 35.3 Å². The number of nitrogens with zero attached hydrogens (tertiary/aromatic N) is 5. The first kappa shape index (κ1) is 51.6. The van der Waals surface area contributed by atoms with Crippen LogP contribution in [0, 0.1) is 13.8 Å². The number of nitrogens with one attached hydrogen (secondary N) is 3. The summed E-state index contributed by atoms with van der Waals surface area (Å²) >= 11 is 0. The van der Waals surface area contributed by atoms with E-state index in [0.29, 0.717) is 34.3 Å². The number of aromatic hydroxyl groups is 1. The van der Waals surface area contributed by atoms with Crippen LogP contribution in [0.2, 0.25) is 0 Å². The summed E-state index contributed by atoms with van der Waals surface area (Å²) in [7, 11) is -15.0. The number of phenols is 1. The Morgan fingerprint density at radius 2 is 1.39 bits per heavy atom. The van der Waals surface area contributed by atoms with E-state index in [0.717, 1.165) is 11.1 Å². The van der Waals surface area contributed by atoms with Gasteiger partial charge in [-0.1, -0.05) is 48.5 Å². The number of benzene rings is 5. The molecular formula is C39H40N8O15S4. The van der Waals surface area contributed by atoms with Crippen molar-refractivity contribution in [3.63, 3.8) is 0 Å². The Hall–Kier alpha value is -7.01. The minimum absolute atomic E-state index is 0.0106. The van der Waals surface area contributed by atoms with E-state index in [2.05, 4.69) is 41.1 Å². The molecule has 0 unspecified atom stereocenters. The number of carbonyl (C=O) groups is 1. The smallest absolute Gasteiger partial charge is 0.425 e. The van der Waals surface area contributed by atoms with Gasteiger partial charge in [0, 0.05) is 43.3 Å². The number of phenolic OH excluding ortho intramolecular Hbond substituents is 1. The van der Waals surface area contributed by atoms with Crippen LogP contribution in [0.25, 0.3) is 10.8 Å². The molecule has 6 aromatic rings. The fraction of sp³-hybridized carbons (Fsp3) is 0.179. The molecule has 0 spiro atoms. The molecule has 1 aromatic heterocycles. The Bertz CT molecular complexity index is 3250. The predicted octanol–water partition coefficient (Wildman–Crippen LogP) is 5.18. The number of hydrogen-bond donors (Lipinski definition) is 8. The van der Waals surface area contributed by atoms with Crippen LogP contribution in [0.1, 0.15) is 38.4 Å². The first-order valence-corrected chi connectivity index (χ1v) is 24.1. The van der Waals surface area contributed by atoms with Crippen LogP contribution >= 0.6 is 0 Å². The van der Waals surface area contributed by atoms with Crippen molar-refractivity contribution in [2.45, 2.75) is 36.6 Å². The van der Waals surface area contributed by atoms with Crippen LogP contribution in [0.4, 0.5) is 29.0 Å². The monoisotopic (exact) mass is 988 g/mol. The van der Waals surface area contributed by atoms with Crippen LogP contribution in [-0.2, 0) is 53.9 Å². The highest BCUT2D eigenvalue weighted by atomic mass is 32.2. The number of carboxylic acids is 1. The molecule has 6 rings (SSSR count). The molecule has 23 nitrogen and oxygen atoms in total. The average molecular weight is 989 g/mol. The van der Waals surface area contributed by atoms with E-state index in [1.165, 1.54) is 50.4 Å². The maximum Gasteiger partial charge on any atom is 0.425 e. The summed E-state index contributed by atoms with van der Waals surface area (Å²) in [6, 6.07) is 24.9. The minimum Gasteiger partial charge on any atom is -0.505 e. The fourth-order valence-electron chi connectivity index (χ4n) is 6.08. The molecular weight excluding hydrogens is 949 g/mol. The van der Waals surface area contributed by atoms with Gasteiger partial charge in [0.25, 0.3) is 30.4 Å². The number of aromatic carboxylic acids is 1. The summed E-state index contributed by atoms with van der Waals surface area (Å²) in [5, 5.41) is 36.8. The van der Waals surface area contributed by atoms with Crippen molar-refractivity contribution < 1.29 is 66.5 Å². The normalized spacial score (nSPS) is 11.5. The standard InChI is InChI=1S/C21H23N5O8S2.C18H17N3O4S.O3S/c1-12-7-14(10-15(8-12)19(27)28)11-18-24-20(22-5-6-35(29,30)31)26-21(25-18)23-16-3-4-17(13(2)9-16)36(32,33)34;1-19-21-17-15(26(23,24)25)10-13-8-5-9-14(16(13)18(17)22)20-11-12-6-3-2-4-7-12;1-4(2)3/h3-4,7-10H,5-6,11H2,1-2H3,(H,27,28)(H,29,30,31)(H,32,33,34)(H2,22,23,24,25,26);2-10,20,22H,11H2,1H3,(H,23,24,25);. The molecule has 27 heteroatoms. The van der Waals surface area contributed by atoms with E-state index < -0.39 is 57.6 Å². The number of aromatic nitrogens is 3. The first-order valence-electron chi connectivity index (χ1n) is 18.6. The maximum atomic E-state index is 11.6. The Balaban J connectivity index is 0.000000278. The molecule has 5 aromatic carbocycles. The summed E-state index contributed by atoms with van der Waals surface area (Å²) in [4.78, 5) is 23.4. The Kier molecular flexibility index (Phi) is 17.4. The average Bonchev–Trinajstić information content (AvgIpc) is 3.20. The Morgan fingerprint density at radius 3 is 1.98 bits per heavy atom. The Labute approximate surface area is 379 Å². The lowest BCUT2D eigenvalue weighted by Crippen LogP contribution is -2.17. The second-order valence-electron chi connectivity index (χ2n) is 13.7. The van der Waals surface area contributed by atoms with Crippen molar-refractivity contribution in [1.82, 2.24) is 15.0 Å². The van der Waals surface area contributed by atoms with Crippen molar-refractivity contribution in [1.29, 1.82) is 0 Å². The van der Waals surface area contributed by atoms with Gasteiger partial charge in [-0.15, -0.1) is 12.6 Å². The third-order valence-electron chi connectivity index (χ3n) is 8.66. The third-order valence-corrected chi connectivity index (χ3v) is 11.3. The lowest BCUT2D eigenvalue weighted by molar-refractivity contribution is 0.0696. The van der Waals surface area contributed by atoms with Gasteiger partial charge < -0.3 is 26.2 Å². The van der Waals surface area contributed by atoms with Gasteiger partial charge in [0.1, 0.15) is 16.4 Å². The van der Waals surface area contributed by atoms with Gasteiger partial charge in [-0.25, -0.2) is 4.79 Å². The number of carboxylic acid groups (broad SMARTS) is 1. The summed E-state index contributed by atoms with van der Waals surface area (Å²) in [5.41, 5.74) is 3.45. The Morgan fingerprint density at radius 1 is 0.742 bits per heavy atom. The molecule has 1 heterocycles. The molecule has 0 aliphatic rings. The maximum absolute atomic E-state index is 11.6. The second kappa shape index (κ2) is 22.3. The summed E-state index contributed by atoms with van der Waals surface area (Å²) in [6.07, 6.45) is 0.118. The largest absolute Gasteiger partial charge is 0.505 e. The molecule has 8 N–H and O–H groups in total. The van der Waals surface area contributed by atoms with Gasteiger partial charge in [0.05, 0.1) is 16.2 Å². The molecule has 350 valence electrons. The van der Waals surface area contributed by atoms with Gasteiger partial charge in [-0.05, 0) is 84.0 Å². The zero-order valence-electron chi connectivity index (χ0n) is 34.7. The highest BCUT2D eigenvalue weighted by molar-refractivity contribution is 7.86. The highest BCUT2D eigenvalue weighted by Crippen LogP contribution is 2.43. The molecule has 0 amide bonds. The van der Waals surface area contributed by atoms with Crippen LogP contribution in [-0.4, -0.2) is 102 Å². The lowest BCUT2D eigenvalue weighted by Gasteiger charge is -2.14. The third kappa shape index (κ3) is 15.6. The number of azo groups is 1. The van der Waals surface area contributed by atoms with E-state index in [-0.39, 0.29) is 58.1 Å². The lowest BCUT2D eigenvalue weighted by atomic mass is 10.0. The molecule has 0 saturated heterocycles. The van der Waals surface area contributed by atoms with Gasteiger partial charge >= 0.3 is 16.6 Å². The number of aryl methyl sites for hydroxylation is 2. The van der Waals surface area contributed by atoms with Crippen LogP contribution < -0.4 is 16.0 Å². The van der Waals surface area contributed by atoms with Crippen molar-refractivity contribution in [3.05, 3.63) is 125 Å². The van der Waals surface area contributed by atoms with E-state index >= 15 is 0 Å². The van der Waals surface area contributed by atoms with Gasteiger partial charge in [0.2, 0.25) is 11.9 Å². The number of rotatable bonds is 15. The zero-order valence-corrected chi connectivity index (χ0v) is 37.9. The molecule has 0 radical (unpaired) electrons. The van der Waals surface area contributed by atoms with Crippen molar-refractivity contribution >= 4 is 86.7 Å². The number of hydrogen-bond acceptors (Lipinski definition) is 19. The van der Waals surface area contributed by atoms with Crippen molar-refractivity contribution in [3.8, 4) is 5.75 Å². The quantitative estimate of drug-likeness (QED) is 0.0485. The highest BCUT2D eigenvalue weighted by Gasteiger charge is 2.23. The molecule has 0 aliphatic carbocycles. The van der Waals surface area contributed by atoms with Gasteiger partial charge in [0.15, 0.2) is 5.75 Å². The summed E-state index contributed by atoms with van der Waals surface area (Å²) < 4.78 is 121. The molecule has 0 bridgehead atoms. The van der Waals surface area contributed by atoms with E-state index in [1.807, 2.05) is 30.3 Å². The van der Waals surface area contributed by atoms with E-state index in [4.69, 9.17) is 17.2 Å². The van der Waals surface area contributed by atoms with Crippen LogP contribution in [0.5, 0.6) is 5.75 Å². The van der Waals surface area contributed by atoms with Gasteiger partial charge in [-0.2, -0.15) is 50.4 Å². The molecule has 0 fully saturated rings. The summed E-state index contributed by atoms with van der Waals surface area (Å²) in [5.74, 6) is -1.81. The first-order chi connectivity index (χ1) is 30.8.